The summed E-state index contributed by atoms with van der Waals surface area (Å²) >= 11 is 0. The quantitative estimate of drug-likeness (QED) is 0.594. The molecule has 0 aliphatic heterocycles. The van der Waals surface area contributed by atoms with Gasteiger partial charge in [0, 0.05) is 0 Å². The van der Waals surface area contributed by atoms with Crippen molar-refractivity contribution in [2.24, 2.45) is 0 Å². The van der Waals surface area contributed by atoms with Gasteiger partial charge in [0.25, 0.3) is 0 Å². The average molecular weight is 302 g/mol. The summed E-state index contributed by atoms with van der Waals surface area (Å²) in [4.78, 5) is -0.127. The van der Waals surface area contributed by atoms with Crippen molar-refractivity contribution in [3.05, 3.63) is 42.0 Å². The van der Waals surface area contributed by atoms with Crippen LogP contribution in [0.15, 0.2) is 41.3 Å². The minimum atomic E-state index is -4.42. The molecule has 0 aromatic heterocycles. The number of hydrogen-bond donors (Lipinski definition) is 0. The maximum absolute atomic E-state index is 11.2. The van der Waals surface area contributed by atoms with Gasteiger partial charge in [0.15, 0.2) is 0 Å². The Kier molecular flexibility index (Phi) is 6.66. The van der Waals surface area contributed by atoms with Crippen molar-refractivity contribution in [2.45, 2.75) is 31.1 Å². The van der Waals surface area contributed by atoms with Crippen LogP contribution in [-0.4, -0.2) is 13.0 Å². The van der Waals surface area contributed by atoms with Crippen LogP contribution >= 0.6 is 0 Å². The SMILES string of the molecule is CCCCc1cccc2c(S(=O)(=O)[O-])cccc12.[K+]. The van der Waals surface area contributed by atoms with Gasteiger partial charge in [-0.1, -0.05) is 43.7 Å². The van der Waals surface area contributed by atoms with Gasteiger partial charge in [-0.3, -0.25) is 0 Å². The fourth-order valence-corrected chi connectivity index (χ4v) is 2.84. The monoisotopic (exact) mass is 302 g/mol. The molecule has 5 heteroatoms. The maximum atomic E-state index is 11.2. The van der Waals surface area contributed by atoms with E-state index in [0.717, 1.165) is 30.2 Å². The first-order chi connectivity index (χ1) is 8.54. The summed E-state index contributed by atoms with van der Waals surface area (Å²) < 4.78 is 33.6. The first-order valence-electron chi connectivity index (χ1n) is 6.00. The second-order valence-corrected chi connectivity index (χ2v) is 5.67. The molecule has 2 rings (SSSR count). The van der Waals surface area contributed by atoms with Gasteiger partial charge in [-0.05, 0) is 35.2 Å². The first-order valence-corrected chi connectivity index (χ1v) is 7.41. The normalized spacial score (nSPS) is 11.3. The zero-order valence-electron chi connectivity index (χ0n) is 11.2. The van der Waals surface area contributed by atoms with Crippen LogP contribution < -0.4 is 51.4 Å². The van der Waals surface area contributed by atoms with Crippen molar-refractivity contribution in [2.75, 3.05) is 0 Å². The molecule has 0 spiro atoms. The van der Waals surface area contributed by atoms with Crippen LogP contribution in [0, 0.1) is 0 Å². The number of aryl methyl sites for hydroxylation is 1. The molecule has 96 valence electrons. The van der Waals surface area contributed by atoms with E-state index >= 15 is 0 Å². The number of hydrogen-bond acceptors (Lipinski definition) is 3. The number of rotatable bonds is 4. The molecule has 19 heavy (non-hydrogen) atoms. The maximum Gasteiger partial charge on any atom is 1.00 e. The third-order valence-corrected chi connectivity index (χ3v) is 3.94. The van der Waals surface area contributed by atoms with Gasteiger partial charge in [0.2, 0.25) is 0 Å². The summed E-state index contributed by atoms with van der Waals surface area (Å²) in [6.45, 7) is 2.11. The van der Waals surface area contributed by atoms with E-state index in [2.05, 4.69) is 6.92 Å². The van der Waals surface area contributed by atoms with Crippen LogP contribution in [0.25, 0.3) is 10.8 Å². The predicted octanol–water partition coefficient (Wildman–Crippen LogP) is 0.0905. The zero-order valence-corrected chi connectivity index (χ0v) is 15.2. The fraction of sp³-hybridized carbons (Fsp3) is 0.286. The summed E-state index contributed by atoms with van der Waals surface area (Å²) in [5.41, 5.74) is 1.10. The minimum Gasteiger partial charge on any atom is -0.744 e. The molecule has 0 saturated heterocycles. The van der Waals surface area contributed by atoms with E-state index in [1.165, 1.54) is 6.07 Å². The molecular weight excluding hydrogens is 287 g/mol. The van der Waals surface area contributed by atoms with Gasteiger partial charge >= 0.3 is 51.4 Å². The third-order valence-electron chi connectivity index (χ3n) is 3.04. The van der Waals surface area contributed by atoms with Gasteiger partial charge < -0.3 is 4.55 Å². The molecule has 0 atom stereocenters. The van der Waals surface area contributed by atoms with Crippen molar-refractivity contribution in [1.29, 1.82) is 0 Å². The minimum absolute atomic E-state index is 0. The Morgan fingerprint density at radius 3 is 2.32 bits per heavy atom. The molecule has 2 aromatic rings. The molecule has 0 unspecified atom stereocenters. The topological polar surface area (TPSA) is 57.2 Å². The molecule has 3 nitrogen and oxygen atoms in total. The summed E-state index contributed by atoms with van der Waals surface area (Å²) in [6.07, 6.45) is 3.03. The van der Waals surface area contributed by atoms with Crippen molar-refractivity contribution in [1.82, 2.24) is 0 Å². The van der Waals surface area contributed by atoms with Gasteiger partial charge in [0.1, 0.15) is 10.1 Å². The summed E-state index contributed by atoms with van der Waals surface area (Å²) in [5.74, 6) is 0. The Morgan fingerprint density at radius 1 is 1.05 bits per heavy atom. The van der Waals surface area contributed by atoms with E-state index in [0.29, 0.717) is 5.39 Å². The van der Waals surface area contributed by atoms with Crippen molar-refractivity contribution < 1.29 is 64.4 Å². The largest absolute Gasteiger partial charge is 1.00 e. The van der Waals surface area contributed by atoms with Crippen LogP contribution in [0.1, 0.15) is 25.3 Å². The molecule has 2 aromatic carbocycles. The zero-order chi connectivity index (χ0) is 13.2. The molecule has 0 N–H and O–H groups in total. The Morgan fingerprint density at radius 2 is 1.68 bits per heavy atom. The molecule has 0 saturated carbocycles. The van der Waals surface area contributed by atoms with Gasteiger partial charge in [-0.25, -0.2) is 8.42 Å². The molecule has 0 amide bonds. The van der Waals surface area contributed by atoms with Gasteiger partial charge in [-0.15, -0.1) is 0 Å². The second kappa shape index (κ2) is 7.31. The van der Waals surface area contributed by atoms with Crippen LogP contribution in [0.2, 0.25) is 0 Å². The average Bonchev–Trinajstić information content (AvgIpc) is 2.34. The Labute approximate surface area is 156 Å². The molecule has 0 fully saturated rings. The summed E-state index contributed by atoms with van der Waals surface area (Å²) in [7, 11) is -4.42. The van der Waals surface area contributed by atoms with E-state index in [1.54, 1.807) is 12.1 Å². The standard InChI is InChI=1S/C14H16O3S.K/c1-2-3-6-11-7-4-9-13-12(11)8-5-10-14(13)18(15,16)17;/h4-5,7-10H,2-3,6H2,1H3,(H,15,16,17);/q;+1/p-1. The number of benzene rings is 2. The molecule has 0 aliphatic carbocycles. The molecule has 0 heterocycles. The predicted molar refractivity (Wildman–Crippen MR) is 70.5 cm³/mol. The fourth-order valence-electron chi connectivity index (χ4n) is 2.15. The smallest absolute Gasteiger partial charge is 0.744 e. The summed E-state index contributed by atoms with van der Waals surface area (Å²) in [5, 5.41) is 1.39. The first kappa shape index (κ1) is 17.3. The number of fused-ring (bicyclic) bond motifs is 1. The van der Waals surface area contributed by atoms with E-state index < -0.39 is 10.1 Å². The van der Waals surface area contributed by atoms with Crippen LogP contribution in [-0.2, 0) is 16.5 Å². The van der Waals surface area contributed by atoms with Crippen molar-refractivity contribution in [3.8, 4) is 0 Å². The van der Waals surface area contributed by atoms with Gasteiger partial charge in [-0.2, -0.15) is 0 Å². The summed E-state index contributed by atoms with van der Waals surface area (Å²) in [6, 6.07) is 10.3. The number of unbranched alkanes of at least 4 members (excludes halogenated alkanes) is 1. The van der Waals surface area contributed by atoms with Crippen molar-refractivity contribution in [3.63, 3.8) is 0 Å². The molecule has 0 bridgehead atoms. The van der Waals surface area contributed by atoms with Crippen molar-refractivity contribution >= 4 is 20.9 Å². The Bertz CT molecular complexity index is 665. The van der Waals surface area contributed by atoms with E-state index in [9.17, 15) is 13.0 Å². The van der Waals surface area contributed by atoms with E-state index in [-0.39, 0.29) is 56.3 Å². The molecule has 0 aliphatic rings. The third kappa shape index (κ3) is 4.11. The second-order valence-electron chi connectivity index (χ2n) is 4.33. The molecule has 0 radical (unpaired) electrons. The Hall–Kier alpha value is 0.246. The van der Waals surface area contributed by atoms with Crippen LogP contribution in [0.4, 0.5) is 0 Å². The van der Waals surface area contributed by atoms with Crippen LogP contribution in [0.3, 0.4) is 0 Å². The Balaban J connectivity index is 0.00000180. The van der Waals surface area contributed by atoms with E-state index in [4.69, 9.17) is 0 Å². The van der Waals surface area contributed by atoms with Gasteiger partial charge in [0.05, 0.1) is 4.90 Å². The van der Waals surface area contributed by atoms with E-state index in [1.807, 2.05) is 18.2 Å². The van der Waals surface area contributed by atoms with Crippen LogP contribution in [0.5, 0.6) is 0 Å². The molecular formula is C14H15KO3S.